The molecule has 2 heterocycles. The molecule has 0 radical (unpaired) electrons. The highest BCUT2D eigenvalue weighted by molar-refractivity contribution is 6.38. The highest BCUT2D eigenvalue weighted by atomic mass is 35.5. The maximum Gasteiger partial charge on any atom is 0.161 e. The molecular weight excluding hydrogens is 313 g/mol. The van der Waals surface area contributed by atoms with Crippen LogP contribution in [0.2, 0.25) is 5.02 Å². The standard InChI is InChI=1S/C16H10ClF3N2/c1-7-3-4-10-15(17)13(8(2)22-16(10)21-7)14-11(19)5-9(18)6-12(14)20/h3-6H,1-2H3. The molecule has 0 aliphatic heterocycles. The lowest BCUT2D eigenvalue weighted by molar-refractivity contribution is 0.548. The largest absolute Gasteiger partial charge is 0.233 e. The number of aromatic nitrogens is 2. The molecule has 0 saturated heterocycles. The molecule has 0 spiro atoms. The first-order valence-corrected chi connectivity index (χ1v) is 6.84. The van der Waals surface area contributed by atoms with Crippen LogP contribution in [0.5, 0.6) is 0 Å². The zero-order valence-corrected chi connectivity index (χ0v) is 12.5. The lowest BCUT2D eigenvalue weighted by Gasteiger charge is -2.13. The lowest BCUT2D eigenvalue weighted by atomic mass is 10.0. The molecule has 2 aromatic heterocycles. The van der Waals surface area contributed by atoms with Crippen LogP contribution >= 0.6 is 11.6 Å². The van der Waals surface area contributed by atoms with E-state index in [0.29, 0.717) is 28.9 Å². The smallest absolute Gasteiger partial charge is 0.161 e. The monoisotopic (exact) mass is 322 g/mol. The molecule has 3 aromatic rings. The molecule has 0 aliphatic carbocycles. The molecule has 6 heteroatoms. The number of rotatable bonds is 1. The van der Waals surface area contributed by atoms with Gasteiger partial charge in [0.1, 0.15) is 17.5 Å². The Kier molecular flexibility index (Phi) is 3.53. The van der Waals surface area contributed by atoms with Gasteiger partial charge in [-0.05, 0) is 26.0 Å². The Morgan fingerprint density at radius 2 is 1.55 bits per heavy atom. The topological polar surface area (TPSA) is 25.8 Å². The van der Waals surface area contributed by atoms with E-state index in [0.717, 1.165) is 5.69 Å². The molecule has 0 aliphatic rings. The summed E-state index contributed by atoms with van der Waals surface area (Å²) >= 11 is 6.31. The van der Waals surface area contributed by atoms with Gasteiger partial charge in [0.25, 0.3) is 0 Å². The average molecular weight is 323 g/mol. The first-order chi connectivity index (χ1) is 10.4. The van der Waals surface area contributed by atoms with Gasteiger partial charge in [-0.15, -0.1) is 0 Å². The van der Waals surface area contributed by atoms with Crippen molar-refractivity contribution in [3.63, 3.8) is 0 Å². The average Bonchev–Trinajstić information content (AvgIpc) is 2.40. The van der Waals surface area contributed by atoms with E-state index >= 15 is 0 Å². The number of hydrogen-bond acceptors (Lipinski definition) is 2. The third kappa shape index (κ3) is 2.31. The zero-order chi connectivity index (χ0) is 16.0. The maximum atomic E-state index is 14.0. The number of aryl methyl sites for hydroxylation is 2. The quantitative estimate of drug-likeness (QED) is 0.631. The molecule has 22 heavy (non-hydrogen) atoms. The first-order valence-electron chi connectivity index (χ1n) is 6.47. The van der Waals surface area contributed by atoms with Gasteiger partial charge in [-0.2, -0.15) is 0 Å². The van der Waals surface area contributed by atoms with Crippen LogP contribution in [0.1, 0.15) is 11.4 Å². The van der Waals surface area contributed by atoms with Crippen molar-refractivity contribution < 1.29 is 13.2 Å². The molecule has 2 nitrogen and oxygen atoms in total. The number of pyridine rings is 2. The molecule has 0 saturated carbocycles. The second-order valence-electron chi connectivity index (χ2n) is 4.95. The number of fused-ring (bicyclic) bond motifs is 1. The number of halogens is 4. The molecular formula is C16H10ClF3N2. The van der Waals surface area contributed by atoms with E-state index in [4.69, 9.17) is 11.6 Å². The molecule has 1 aromatic carbocycles. The molecule has 0 fully saturated rings. The van der Waals surface area contributed by atoms with Crippen molar-refractivity contribution in [2.45, 2.75) is 13.8 Å². The summed E-state index contributed by atoms with van der Waals surface area (Å²) in [4.78, 5) is 8.50. The van der Waals surface area contributed by atoms with E-state index in [1.54, 1.807) is 26.0 Å². The Morgan fingerprint density at radius 3 is 2.18 bits per heavy atom. The fourth-order valence-electron chi connectivity index (χ4n) is 2.38. The van der Waals surface area contributed by atoms with Crippen molar-refractivity contribution >= 4 is 22.6 Å². The van der Waals surface area contributed by atoms with Crippen LogP contribution in [0.4, 0.5) is 13.2 Å². The highest BCUT2D eigenvalue weighted by Crippen LogP contribution is 2.38. The van der Waals surface area contributed by atoms with Crippen LogP contribution in [0, 0.1) is 31.3 Å². The normalized spacial score (nSPS) is 11.2. The lowest BCUT2D eigenvalue weighted by Crippen LogP contribution is -1.99. The Labute approximate surface area is 129 Å². The van der Waals surface area contributed by atoms with Gasteiger partial charge >= 0.3 is 0 Å². The van der Waals surface area contributed by atoms with Crippen LogP contribution in [0.25, 0.3) is 22.2 Å². The minimum Gasteiger partial charge on any atom is -0.233 e. The Hall–Kier alpha value is -2.14. The van der Waals surface area contributed by atoms with Gasteiger partial charge in [-0.25, -0.2) is 23.1 Å². The van der Waals surface area contributed by atoms with Gasteiger partial charge in [-0.3, -0.25) is 0 Å². The van der Waals surface area contributed by atoms with E-state index in [-0.39, 0.29) is 16.1 Å². The van der Waals surface area contributed by atoms with Crippen LogP contribution in [0.3, 0.4) is 0 Å². The van der Waals surface area contributed by atoms with Crippen molar-refractivity contribution in [3.8, 4) is 11.1 Å². The molecule has 0 atom stereocenters. The highest BCUT2D eigenvalue weighted by Gasteiger charge is 2.21. The molecule has 0 bridgehead atoms. The summed E-state index contributed by atoms with van der Waals surface area (Å²) in [5.41, 5.74) is 1.19. The summed E-state index contributed by atoms with van der Waals surface area (Å²) in [7, 11) is 0. The SMILES string of the molecule is Cc1ccc2c(Cl)c(-c3c(F)cc(F)cc3F)c(C)nc2n1. The Balaban J connectivity index is 2.40. The van der Waals surface area contributed by atoms with Crippen molar-refractivity contribution in [2.75, 3.05) is 0 Å². The van der Waals surface area contributed by atoms with E-state index in [2.05, 4.69) is 9.97 Å². The van der Waals surface area contributed by atoms with Crippen LogP contribution in [0.15, 0.2) is 24.3 Å². The third-order valence-corrected chi connectivity index (χ3v) is 3.76. The van der Waals surface area contributed by atoms with Gasteiger partial charge in [0.05, 0.1) is 10.6 Å². The van der Waals surface area contributed by atoms with Crippen LogP contribution < -0.4 is 0 Å². The summed E-state index contributed by atoms with van der Waals surface area (Å²) in [5, 5.41) is 0.621. The molecule has 0 amide bonds. The number of hydrogen-bond donors (Lipinski definition) is 0. The number of benzene rings is 1. The van der Waals surface area contributed by atoms with Gasteiger partial charge < -0.3 is 0 Å². The van der Waals surface area contributed by atoms with E-state index < -0.39 is 17.5 Å². The maximum absolute atomic E-state index is 14.0. The first kappa shape index (κ1) is 14.8. The van der Waals surface area contributed by atoms with Crippen LogP contribution in [-0.2, 0) is 0 Å². The van der Waals surface area contributed by atoms with Gasteiger partial charge in [0, 0.05) is 34.5 Å². The molecule has 0 unspecified atom stereocenters. The predicted molar refractivity (Wildman–Crippen MR) is 79.3 cm³/mol. The van der Waals surface area contributed by atoms with Crippen molar-refractivity contribution in [1.29, 1.82) is 0 Å². The zero-order valence-electron chi connectivity index (χ0n) is 11.7. The fraction of sp³-hybridized carbons (Fsp3) is 0.125. The van der Waals surface area contributed by atoms with Crippen molar-refractivity contribution in [2.24, 2.45) is 0 Å². The predicted octanol–water partition coefficient (Wildman–Crippen LogP) is 4.98. The fourth-order valence-corrected chi connectivity index (χ4v) is 2.76. The summed E-state index contributed by atoms with van der Waals surface area (Å²) in [6, 6.07) is 4.65. The van der Waals surface area contributed by atoms with Crippen molar-refractivity contribution in [3.05, 3.63) is 58.1 Å². The van der Waals surface area contributed by atoms with Gasteiger partial charge in [-0.1, -0.05) is 11.6 Å². The molecule has 3 rings (SSSR count). The second kappa shape index (κ2) is 5.25. The minimum atomic E-state index is -1.02. The molecule has 0 N–H and O–H groups in total. The second-order valence-corrected chi connectivity index (χ2v) is 5.33. The van der Waals surface area contributed by atoms with E-state index in [9.17, 15) is 13.2 Å². The number of nitrogens with zero attached hydrogens (tertiary/aromatic N) is 2. The van der Waals surface area contributed by atoms with E-state index in [1.165, 1.54) is 0 Å². The summed E-state index contributed by atoms with van der Waals surface area (Å²) in [5.74, 6) is -3.04. The summed E-state index contributed by atoms with van der Waals surface area (Å²) in [6.45, 7) is 3.38. The summed E-state index contributed by atoms with van der Waals surface area (Å²) in [6.07, 6.45) is 0. The Bertz CT molecular complexity index is 887. The molecule has 112 valence electrons. The van der Waals surface area contributed by atoms with Gasteiger partial charge in [0.2, 0.25) is 0 Å². The summed E-state index contributed by atoms with van der Waals surface area (Å²) < 4.78 is 41.2. The minimum absolute atomic E-state index is 0.106. The Morgan fingerprint density at radius 1 is 0.909 bits per heavy atom. The van der Waals surface area contributed by atoms with Gasteiger partial charge in [0.15, 0.2) is 5.65 Å². The van der Waals surface area contributed by atoms with Crippen molar-refractivity contribution in [1.82, 2.24) is 9.97 Å². The van der Waals surface area contributed by atoms with Crippen LogP contribution in [-0.4, -0.2) is 9.97 Å². The van der Waals surface area contributed by atoms with E-state index in [1.807, 2.05) is 0 Å². The third-order valence-electron chi connectivity index (χ3n) is 3.36.